The molecule has 1 aromatic heterocycles. The molecule has 0 fully saturated rings. The van der Waals surface area contributed by atoms with Crippen LogP contribution in [-0.2, 0) is 10.0 Å². The highest BCUT2D eigenvalue weighted by molar-refractivity contribution is 9.10. The van der Waals surface area contributed by atoms with Crippen LogP contribution in [0.25, 0.3) is 0 Å². The lowest BCUT2D eigenvalue weighted by molar-refractivity contribution is 0.603. The molecule has 0 aliphatic carbocycles. The standard InChI is InChI=1S/C12H11BrClNO2S2/c1-7-3-9(13)6-10(4-7)15-19(16,17)11-5-8(2)12(14)18-11/h3-6,15H,1-2H3. The summed E-state index contributed by atoms with van der Waals surface area (Å²) >= 11 is 10.3. The number of hydrogen-bond donors (Lipinski definition) is 1. The zero-order valence-electron chi connectivity index (χ0n) is 10.2. The quantitative estimate of drug-likeness (QED) is 0.847. The van der Waals surface area contributed by atoms with E-state index >= 15 is 0 Å². The normalized spacial score (nSPS) is 11.6. The monoisotopic (exact) mass is 379 g/mol. The second kappa shape index (κ2) is 5.44. The van der Waals surface area contributed by atoms with Crippen LogP contribution in [-0.4, -0.2) is 8.42 Å². The third kappa shape index (κ3) is 3.51. The van der Waals surface area contributed by atoms with Crippen molar-refractivity contribution in [3.63, 3.8) is 0 Å². The topological polar surface area (TPSA) is 46.2 Å². The third-order valence-electron chi connectivity index (χ3n) is 2.39. The first-order valence-electron chi connectivity index (χ1n) is 5.34. The number of anilines is 1. The van der Waals surface area contributed by atoms with E-state index in [9.17, 15) is 8.42 Å². The van der Waals surface area contributed by atoms with Gasteiger partial charge >= 0.3 is 0 Å². The van der Waals surface area contributed by atoms with Crippen LogP contribution in [0.2, 0.25) is 4.34 Å². The molecule has 1 aromatic carbocycles. The predicted octanol–water partition coefficient (Wildman–Crippen LogP) is 4.58. The number of sulfonamides is 1. The summed E-state index contributed by atoms with van der Waals surface area (Å²) in [6, 6.07) is 6.96. The molecular formula is C12H11BrClNO2S2. The van der Waals surface area contributed by atoms with E-state index in [0.29, 0.717) is 10.0 Å². The Morgan fingerprint density at radius 3 is 2.42 bits per heavy atom. The summed E-state index contributed by atoms with van der Waals surface area (Å²) in [6.45, 7) is 3.68. The molecule has 0 saturated carbocycles. The molecule has 3 nitrogen and oxygen atoms in total. The molecule has 0 radical (unpaired) electrons. The Kier molecular flexibility index (Phi) is 4.25. The Labute approximate surface area is 129 Å². The summed E-state index contributed by atoms with van der Waals surface area (Å²) in [4.78, 5) is 0. The van der Waals surface area contributed by atoms with Gasteiger partial charge in [0.05, 0.1) is 10.0 Å². The Bertz CT molecular complexity index is 686. The molecule has 1 heterocycles. The van der Waals surface area contributed by atoms with Crippen molar-refractivity contribution in [1.29, 1.82) is 0 Å². The van der Waals surface area contributed by atoms with E-state index in [2.05, 4.69) is 20.7 Å². The van der Waals surface area contributed by atoms with E-state index in [0.717, 1.165) is 26.9 Å². The Morgan fingerprint density at radius 2 is 1.89 bits per heavy atom. The number of halogens is 2. The maximum absolute atomic E-state index is 12.2. The predicted molar refractivity (Wildman–Crippen MR) is 83.8 cm³/mol. The average Bonchev–Trinajstić information content (AvgIpc) is 2.57. The molecule has 0 bridgehead atoms. The van der Waals surface area contributed by atoms with Gasteiger partial charge in [0.1, 0.15) is 4.21 Å². The van der Waals surface area contributed by atoms with Gasteiger partial charge in [0.15, 0.2) is 0 Å². The van der Waals surface area contributed by atoms with E-state index in [1.54, 1.807) is 25.1 Å². The minimum absolute atomic E-state index is 0.215. The second-order valence-electron chi connectivity index (χ2n) is 4.14. The van der Waals surface area contributed by atoms with Crippen LogP contribution in [0.3, 0.4) is 0 Å². The van der Waals surface area contributed by atoms with Gasteiger partial charge in [-0.15, -0.1) is 11.3 Å². The van der Waals surface area contributed by atoms with E-state index in [-0.39, 0.29) is 4.21 Å². The number of thiophene rings is 1. The van der Waals surface area contributed by atoms with Gasteiger partial charge in [-0.2, -0.15) is 0 Å². The number of rotatable bonds is 3. The molecule has 0 aliphatic rings. The van der Waals surface area contributed by atoms with Crippen LogP contribution in [0, 0.1) is 13.8 Å². The first-order chi connectivity index (χ1) is 8.78. The van der Waals surface area contributed by atoms with Crippen molar-refractivity contribution in [1.82, 2.24) is 0 Å². The van der Waals surface area contributed by atoms with Gasteiger partial charge in [0.25, 0.3) is 10.0 Å². The zero-order valence-corrected chi connectivity index (χ0v) is 14.2. The van der Waals surface area contributed by atoms with Gasteiger partial charge < -0.3 is 0 Å². The second-order valence-corrected chi connectivity index (χ2v) is 8.62. The highest BCUT2D eigenvalue weighted by Gasteiger charge is 2.18. The van der Waals surface area contributed by atoms with Crippen molar-refractivity contribution in [3.8, 4) is 0 Å². The van der Waals surface area contributed by atoms with Crippen LogP contribution in [0.4, 0.5) is 5.69 Å². The molecule has 0 saturated heterocycles. The maximum Gasteiger partial charge on any atom is 0.271 e. The summed E-state index contributed by atoms with van der Waals surface area (Å²) in [7, 11) is -3.59. The van der Waals surface area contributed by atoms with Crippen molar-refractivity contribution >= 4 is 54.6 Å². The molecule has 0 amide bonds. The maximum atomic E-state index is 12.2. The van der Waals surface area contributed by atoms with Crippen LogP contribution >= 0.6 is 38.9 Å². The molecule has 7 heteroatoms. The highest BCUT2D eigenvalue weighted by atomic mass is 79.9. The molecule has 102 valence electrons. The number of aryl methyl sites for hydroxylation is 2. The SMILES string of the molecule is Cc1cc(Br)cc(NS(=O)(=O)c2cc(C)c(Cl)s2)c1. The molecule has 0 unspecified atom stereocenters. The van der Waals surface area contributed by atoms with Gasteiger partial charge in [-0.3, -0.25) is 4.72 Å². The summed E-state index contributed by atoms with van der Waals surface area (Å²) < 4.78 is 28.5. The van der Waals surface area contributed by atoms with Gasteiger partial charge in [0, 0.05) is 4.47 Å². The van der Waals surface area contributed by atoms with Gasteiger partial charge in [-0.05, 0) is 49.2 Å². The molecule has 1 N–H and O–H groups in total. The third-order valence-corrected chi connectivity index (χ3v) is 6.26. The molecule has 0 aliphatic heterocycles. The van der Waals surface area contributed by atoms with Gasteiger partial charge in [-0.1, -0.05) is 27.5 Å². The van der Waals surface area contributed by atoms with E-state index in [1.165, 1.54) is 0 Å². The first kappa shape index (κ1) is 14.8. The van der Waals surface area contributed by atoms with Crippen molar-refractivity contribution < 1.29 is 8.42 Å². The minimum Gasteiger partial charge on any atom is -0.279 e. The zero-order chi connectivity index (χ0) is 14.2. The fourth-order valence-electron chi connectivity index (χ4n) is 1.56. The number of nitrogens with one attached hydrogen (secondary N) is 1. The molecule has 2 rings (SSSR count). The molecule has 19 heavy (non-hydrogen) atoms. The van der Waals surface area contributed by atoms with Crippen LogP contribution in [0.1, 0.15) is 11.1 Å². The lowest BCUT2D eigenvalue weighted by atomic mass is 10.2. The Hall–Kier alpha value is -0.560. The lowest BCUT2D eigenvalue weighted by Gasteiger charge is -2.07. The lowest BCUT2D eigenvalue weighted by Crippen LogP contribution is -2.11. The van der Waals surface area contributed by atoms with Crippen molar-refractivity contribution in [2.75, 3.05) is 4.72 Å². The van der Waals surface area contributed by atoms with E-state index in [1.807, 2.05) is 13.0 Å². The Balaban J connectivity index is 2.36. The molecular weight excluding hydrogens is 370 g/mol. The van der Waals surface area contributed by atoms with E-state index < -0.39 is 10.0 Å². The summed E-state index contributed by atoms with van der Waals surface area (Å²) in [5, 5.41) is 0. The van der Waals surface area contributed by atoms with Crippen molar-refractivity contribution in [2.24, 2.45) is 0 Å². The number of benzene rings is 1. The van der Waals surface area contributed by atoms with Gasteiger partial charge in [0.2, 0.25) is 0 Å². The van der Waals surface area contributed by atoms with Crippen LogP contribution < -0.4 is 4.72 Å². The fraction of sp³-hybridized carbons (Fsp3) is 0.167. The summed E-state index contributed by atoms with van der Waals surface area (Å²) in [5.41, 5.74) is 2.25. The fourth-order valence-corrected chi connectivity index (χ4v) is 4.92. The summed E-state index contributed by atoms with van der Waals surface area (Å²) in [6.07, 6.45) is 0. The van der Waals surface area contributed by atoms with Crippen molar-refractivity contribution in [2.45, 2.75) is 18.1 Å². The molecule has 2 aromatic rings. The average molecular weight is 381 g/mol. The summed E-state index contributed by atoms with van der Waals surface area (Å²) in [5.74, 6) is 0. The highest BCUT2D eigenvalue weighted by Crippen LogP contribution is 2.31. The first-order valence-corrected chi connectivity index (χ1v) is 8.81. The van der Waals surface area contributed by atoms with E-state index in [4.69, 9.17) is 11.6 Å². The molecule has 0 atom stereocenters. The Morgan fingerprint density at radius 1 is 1.21 bits per heavy atom. The largest absolute Gasteiger partial charge is 0.279 e. The van der Waals surface area contributed by atoms with Crippen LogP contribution in [0.15, 0.2) is 32.9 Å². The minimum atomic E-state index is -3.59. The van der Waals surface area contributed by atoms with Gasteiger partial charge in [-0.25, -0.2) is 8.42 Å². The smallest absolute Gasteiger partial charge is 0.271 e. The number of hydrogen-bond acceptors (Lipinski definition) is 3. The van der Waals surface area contributed by atoms with Crippen molar-refractivity contribution in [3.05, 3.63) is 44.2 Å². The van der Waals surface area contributed by atoms with Crippen LogP contribution in [0.5, 0.6) is 0 Å². The molecule has 0 spiro atoms.